The third-order valence-corrected chi connectivity index (χ3v) is 3.06. The van der Waals surface area contributed by atoms with Crippen LogP contribution in [0.5, 0.6) is 5.75 Å². The Morgan fingerprint density at radius 1 is 1.14 bits per heavy atom. The number of hydrogen-bond donors (Lipinski definition) is 0. The van der Waals surface area contributed by atoms with Crippen LogP contribution in [0.15, 0.2) is 48.0 Å². The highest BCUT2D eigenvalue weighted by Crippen LogP contribution is 2.26. The second-order valence-electron chi connectivity index (χ2n) is 4.38. The van der Waals surface area contributed by atoms with E-state index in [-0.39, 0.29) is 18.0 Å². The minimum atomic E-state index is -0.313. The lowest BCUT2D eigenvalue weighted by molar-refractivity contribution is 0.305. The fourth-order valence-corrected chi connectivity index (χ4v) is 1.93. The summed E-state index contributed by atoms with van der Waals surface area (Å²) in [7, 11) is 0. The lowest BCUT2D eigenvalue weighted by Gasteiger charge is -2.10. The summed E-state index contributed by atoms with van der Waals surface area (Å²) in [6.07, 6.45) is 1.41. The molecule has 22 heavy (non-hydrogen) atoms. The van der Waals surface area contributed by atoms with Crippen molar-refractivity contribution in [2.45, 2.75) is 6.61 Å². The van der Waals surface area contributed by atoms with E-state index < -0.39 is 0 Å². The Hall–Kier alpha value is -2.82. The molecule has 2 aromatic carbocycles. The first kappa shape index (κ1) is 15.6. The maximum Gasteiger partial charge on any atom is 0.130 e. The van der Waals surface area contributed by atoms with Crippen LogP contribution in [0.4, 0.5) is 4.39 Å². The predicted octanol–water partition coefficient (Wildman–Crippen LogP) is 4.49. The van der Waals surface area contributed by atoms with Crippen LogP contribution in [0, 0.1) is 28.5 Å². The molecule has 0 saturated heterocycles. The Kier molecular flexibility index (Phi) is 5.14. The van der Waals surface area contributed by atoms with Crippen LogP contribution in [0.2, 0.25) is 5.02 Å². The number of benzene rings is 2. The number of nitriles is 2. The third kappa shape index (κ3) is 4.09. The van der Waals surface area contributed by atoms with Gasteiger partial charge in [-0.3, -0.25) is 0 Å². The first-order valence-corrected chi connectivity index (χ1v) is 6.69. The van der Waals surface area contributed by atoms with Gasteiger partial charge in [0, 0.05) is 10.6 Å². The Labute approximate surface area is 132 Å². The molecule has 0 saturated carbocycles. The summed E-state index contributed by atoms with van der Waals surface area (Å²) in [6, 6.07) is 14.4. The zero-order chi connectivity index (χ0) is 15.9. The second-order valence-corrected chi connectivity index (χ2v) is 4.82. The van der Waals surface area contributed by atoms with Gasteiger partial charge in [-0.05, 0) is 42.0 Å². The molecular formula is C17H10ClFN2O. The first-order valence-electron chi connectivity index (χ1n) is 6.31. The molecule has 0 aliphatic rings. The van der Waals surface area contributed by atoms with Gasteiger partial charge in [0.25, 0.3) is 0 Å². The van der Waals surface area contributed by atoms with Gasteiger partial charge < -0.3 is 4.74 Å². The largest absolute Gasteiger partial charge is 0.488 e. The SMILES string of the molecule is N#CC(C#N)=Cc1cc(Cl)ccc1OCc1ccc(F)cc1. The summed E-state index contributed by atoms with van der Waals surface area (Å²) < 4.78 is 18.5. The van der Waals surface area contributed by atoms with E-state index in [4.69, 9.17) is 26.9 Å². The zero-order valence-electron chi connectivity index (χ0n) is 11.4. The standard InChI is InChI=1S/C17H10ClFN2O/c18-15-3-6-17(14(8-15)7-13(9-20)10-21)22-11-12-1-4-16(19)5-2-12/h1-8H,11H2. The van der Waals surface area contributed by atoms with Crippen molar-refractivity contribution < 1.29 is 9.13 Å². The molecule has 0 atom stereocenters. The Balaban J connectivity index is 2.24. The Bertz CT molecular complexity index is 770. The molecule has 0 bridgehead atoms. The van der Waals surface area contributed by atoms with E-state index in [0.717, 1.165) is 5.56 Å². The van der Waals surface area contributed by atoms with Crippen molar-refractivity contribution in [3.8, 4) is 17.9 Å². The molecule has 0 aromatic heterocycles. The molecule has 108 valence electrons. The summed E-state index contributed by atoms with van der Waals surface area (Å²) in [6.45, 7) is 0.233. The molecule has 0 aliphatic carbocycles. The van der Waals surface area contributed by atoms with Crippen LogP contribution >= 0.6 is 11.6 Å². The molecule has 0 spiro atoms. The van der Waals surface area contributed by atoms with E-state index in [1.54, 1.807) is 42.5 Å². The van der Waals surface area contributed by atoms with Crippen molar-refractivity contribution in [1.82, 2.24) is 0 Å². The first-order chi connectivity index (χ1) is 10.6. The van der Waals surface area contributed by atoms with Crippen LogP contribution in [0.1, 0.15) is 11.1 Å². The van der Waals surface area contributed by atoms with Crippen molar-refractivity contribution in [3.63, 3.8) is 0 Å². The van der Waals surface area contributed by atoms with Gasteiger partial charge in [0.2, 0.25) is 0 Å². The molecule has 2 aromatic rings. The average molecular weight is 313 g/mol. The highest BCUT2D eigenvalue weighted by Gasteiger charge is 2.05. The van der Waals surface area contributed by atoms with Crippen molar-refractivity contribution in [2.24, 2.45) is 0 Å². The minimum Gasteiger partial charge on any atom is -0.488 e. The predicted molar refractivity (Wildman–Crippen MR) is 81.4 cm³/mol. The number of allylic oxidation sites excluding steroid dienone is 1. The molecule has 3 nitrogen and oxygen atoms in total. The van der Waals surface area contributed by atoms with Gasteiger partial charge in [0.15, 0.2) is 0 Å². The van der Waals surface area contributed by atoms with Gasteiger partial charge >= 0.3 is 0 Å². The summed E-state index contributed by atoms with van der Waals surface area (Å²) in [5.74, 6) is 0.170. The minimum absolute atomic E-state index is 0.0473. The van der Waals surface area contributed by atoms with E-state index in [1.165, 1.54) is 18.2 Å². The molecule has 0 aliphatic heterocycles. The zero-order valence-corrected chi connectivity index (χ0v) is 12.1. The number of ether oxygens (including phenoxy) is 1. The van der Waals surface area contributed by atoms with Gasteiger partial charge in [0.1, 0.15) is 35.9 Å². The van der Waals surface area contributed by atoms with Crippen LogP contribution in [-0.2, 0) is 6.61 Å². The van der Waals surface area contributed by atoms with Crippen molar-refractivity contribution in [2.75, 3.05) is 0 Å². The third-order valence-electron chi connectivity index (χ3n) is 2.82. The number of halogens is 2. The molecule has 0 unspecified atom stereocenters. The fraction of sp³-hybridized carbons (Fsp3) is 0.0588. The topological polar surface area (TPSA) is 56.8 Å². The molecule has 0 radical (unpaired) electrons. The highest BCUT2D eigenvalue weighted by atomic mass is 35.5. The maximum absolute atomic E-state index is 12.9. The molecule has 2 rings (SSSR count). The lowest BCUT2D eigenvalue weighted by Crippen LogP contribution is -1.97. The maximum atomic E-state index is 12.9. The lowest BCUT2D eigenvalue weighted by atomic mass is 10.1. The number of nitrogens with zero attached hydrogens (tertiary/aromatic N) is 2. The van der Waals surface area contributed by atoms with Gasteiger partial charge in [0.05, 0.1) is 0 Å². The van der Waals surface area contributed by atoms with Crippen LogP contribution < -0.4 is 4.74 Å². The fourth-order valence-electron chi connectivity index (χ4n) is 1.75. The van der Waals surface area contributed by atoms with E-state index in [1.807, 2.05) is 0 Å². The normalized spacial score (nSPS) is 9.45. The molecule has 5 heteroatoms. The van der Waals surface area contributed by atoms with E-state index in [0.29, 0.717) is 16.3 Å². The van der Waals surface area contributed by atoms with Crippen LogP contribution in [-0.4, -0.2) is 0 Å². The van der Waals surface area contributed by atoms with E-state index in [2.05, 4.69) is 0 Å². The van der Waals surface area contributed by atoms with Gasteiger partial charge in [-0.25, -0.2) is 4.39 Å². The smallest absolute Gasteiger partial charge is 0.130 e. The van der Waals surface area contributed by atoms with Gasteiger partial charge in [-0.15, -0.1) is 0 Å². The molecule has 0 heterocycles. The molecule has 0 N–H and O–H groups in total. The number of rotatable bonds is 4. The van der Waals surface area contributed by atoms with Crippen molar-refractivity contribution in [1.29, 1.82) is 10.5 Å². The highest BCUT2D eigenvalue weighted by molar-refractivity contribution is 6.30. The van der Waals surface area contributed by atoms with E-state index in [9.17, 15) is 4.39 Å². The second kappa shape index (κ2) is 7.26. The summed E-state index contributed by atoms with van der Waals surface area (Å²) in [5.41, 5.74) is 1.29. The molecule has 0 fully saturated rings. The number of hydrogen-bond acceptors (Lipinski definition) is 3. The van der Waals surface area contributed by atoms with Crippen molar-refractivity contribution >= 4 is 17.7 Å². The van der Waals surface area contributed by atoms with E-state index >= 15 is 0 Å². The van der Waals surface area contributed by atoms with Crippen LogP contribution in [0.3, 0.4) is 0 Å². The summed E-state index contributed by atoms with van der Waals surface area (Å²) in [5, 5.41) is 18.1. The van der Waals surface area contributed by atoms with Crippen molar-refractivity contribution in [3.05, 3.63) is 70.0 Å². The van der Waals surface area contributed by atoms with Gasteiger partial charge in [-0.1, -0.05) is 23.7 Å². The molecule has 0 amide bonds. The average Bonchev–Trinajstić information content (AvgIpc) is 2.53. The monoisotopic (exact) mass is 312 g/mol. The summed E-state index contributed by atoms with van der Waals surface area (Å²) in [4.78, 5) is 0. The Morgan fingerprint density at radius 3 is 2.45 bits per heavy atom. The Morgan fingerprint density at radius 2 is 1.82 bits per heavy atom. The summed E-state index contributed by atoms with van der Waals surface area (Å²) >= 11 is 5.93. The molecular weight excluding hydrogens is 303 g/mol. The van der Waals surface area contributed by atoms with Crippen LogP contribution in [0.25, 0.3) is 6.08 Å². The van der Waals surface area contributed by atoms with Gasteiger partial charge in [-0.2, -0.15) is 10.5 Å². The quantitative estimate of drug-likeness (QED) is 0.782.